The average Bonchev–Trinajstić information content (AvgIpc) is 2.67. The van der Waals surface area contributed by atoms with Gasteiger partial charge in [0.15, 0.2) is 5.78 Å². The molecule has 1 aliphatic carbocycles. The van der Waals surface area contributed by atoms with Gasteiger partial charge in [-0.3, -0.25) is 4.79 Å². The minimum Gasteiger partial charge on any atom is -0.295 e. The second-order valence-electron chi connectivity index (χ2n) is 7.73. The van der Waals surface area contributed by atoms with Gasteiger partial charge in [-0.2, -0.15) is 0 Å². The largest absolute Gasteiger partial charge is 0.295 e. The minimum absolute atomic E-state index is 0.0295. The van der Waals surface area contributed by atoms with E-state index in [1.54, 1.807) is 25.1 Å². The zero-order valence-corrected chi connectivity index (χ0v) is 15.9. The van der Waals surface area contributed by atoms with E-state index >= 15 is 0 Å². The summed E-state index contributed by atoms with van der Waals surface area (Å²) in [5.74, 6) is 1.24. The lowest BCUT2D eigenvalue weighted by molar-refractivity contribution is 0.101. The van der Waals surface area contributed by atoms with Gasteiger partial charge in [0.1, 0.15) is 5.82 Å². The quantitative estimate of drug-likeness (QED) is 0.504. The Labute approximate surface area is 156 Å². The van der Waals surface area contributed by atoms with Gasteiger partial charge in [0.05, 0.1) is 0 Å². The third-order valence-corrected chi connectivity index (χ3v) is 5.88. The molecular weight excluding hydrogens is 323 g/mol. The molecule has 2 aromatic rings. The van der Waals surface area contributed by atoms with Gasteiger partial charge >= 0.3 is 0 Å². The van der Waals surface area contributed by atoms with Gasteiger partial charge in [0, 0.05) is 11.1 Å². The van der Waals surface area contributed by atoms with Crippen molar-refractivity contribution in [3.05, 3.63) is 59.4 Å². The molecule has 3 rings (SSSR count). The number of halogens is 1. The molecule has 1 nitrogen and oxygen atoms in total. The van der Waals surface area contributed by atoms with E-state index in [9.17, 15) is 9.18 Å². The van der Waals surface area contributed by atoms with Gasteiger partial charge in [0.25, 0.3) is 0 Å². The Bertz CT molecular complexity index is 739. The molecule has 0 saturated heterocycles. The first-order valence-corrected chi connectivity index (χ1v) is 9.99. The van der Waals surface area contributed by atoms with Gasteiger partial charge in [-0.25, -0.2) is 4.39 Å². The van der Waals surface area contributed by atoms with E-state index in [1.807, 2.05) is 18.2 Å². The Hall–Kier alpha value is -1.96. The number of Topliss-reactive ketones (excluding diaryl/α,β-unsaturated/α-hetero) is 1. The Balaban J connectivity index is 1.69. The van der Waals surface area contributed by atoms with Crippen LogP contribution in [-0.2, 0) is 0 Å². The van der Waals surface area contributed by atoms with Crippen molar-refractivity contribution >= 4 is 5.78 Å². The number of ketones is 1. The Morgan fingerprint density at radius 2 is 1.73 bits per heavy atom. The van der Waals surface area contributed by atoms with Crippen LogP contribution in [0.4, 0.5) is 4.39 Å². The fourth-order valence-corrected chi connectivity index (χ4v) is 4.18. The summed E-state index contributed by atoms with van der Waals surface area (Å²) in [6, 6.07) is 12.9. The van der Waals surface area contributed by atoms with Crippen molar-refractivity contribution in [2.75, 3.05) is 0 Å². The smallest absolute Gasteiger partial charge is 0.159 e. The number of rotatable bonds is 6. The van der Waals surface area contributed by atoms with Crippen LogP contribution >= 0.6 is 0 Å². The molecule has 2 aromatic carbocycles. The Morgan fingerprint density at radius 3 is 2.31 bits per heavy atom. The number of carbonyl (C=O) groups is 1. The molecule has 0 unspecified atom stereocenters. The van der Waals surface area contributed by atoms with Crippen molar-refractivity contribution < 1.29 is 9.18 Å². The molecule has 0 N–H and O–H groups in total. The van der Waals surface area contributed by atoms with Gasteiger partial charge in [-0.1, -0.05) is 62.6 Å². The molecule has 0 aliphatic heterocycles. The monoisotopic (exact) mass is 352 g/mol. The fraction of sp³-hybridized carbons (Fsp3) is 0.458. The highest BCUT2D eigenvalue weighted by Crippen LogP contribution is 2.38. The lowest BCUT2D eigenvalue weighted by atomic mass is 9.77. The fourth-order valence-electron chi connectivity index (χ4n) is 4.18. The molecule has 2 heteroatoms. The molecular formula is C24H29FO. The van der Waals surface area contributed by atoms with Crippen LogP contribution in [0.15, 0.2) is 42.5 Å². The first-order valence-electron chi connectivity index (χ1n) is 9.99. The summed E-state index contributed by atoms with van der Waals surface area (Å²) in [4.78, 5) is 11.4. The lowest BCUT2D eigenvalue weighted by Gasteiger charge is -2.29. The van der Waals surface area contributed by atoms with Crippen LogP contribution in [0.2, 0.25) is 0 Å². The second kappa shape index (κ2) is 8.62. The molecule has 0 heterocycles. The van der Waals surface area contributed by atoms with Gasteiger partial charge < -0.3 is 0 Å². The van der Waals surface area contributed by atoms with E-state index in [0.717, 1.165) is 17.0 Å². The van der Waals surface area contributed by atoms with E-state index in [1.165, 1.54) is 44.9 Å². The number of unbranched alkanes of at least 4 members (excludes halogenated alkanes) is 1. The highest BCUT2D eigenvalue weighted by Gasteiger charge is 2.22. The van der Waals surface area contributed by atoms with Gasteiger partial charge in [0.2, 0.25) is 0 Å². The molecule has 0 bridgehead atoms. The summed E-state index contributed by atoms with van der Waals surface area (Å²) >= 11 is 0. The molecule has 26 heavy (non-hydrogen) atoms. The van der Waals surface area contributed by atoms with E-state index in [0.29, 0.717) is 17.0 Å². The van der Waals surface area contributed by atoms with Crippen molar-refractivity contribution in [3.63, 3.8) is 0 Å². The first-order chi connectivity index (χ1) is 12.6. The molecule has 0 atom stereocenters. The SMILES string of the molecule is CCCC[C@H]1CC[C@H](c2ccc(-c3ccc(C(C)=O)cc3)c(F)c2)CC1. The van der Waals surface area contributed by atoms with Crippen LogP contribution in [-0.4, -0.2) is 5.78 Å². The molecule has 1 fully saturated rings. The first kappa shape index (κ1) is 18.8. The predicted octanol–water partition coefficient (Wildman–Crippen LogP) is 7.16. The summed E-state index contributed by atoms with van der Waals surface area (Å²) in [7, 11) is 0. The lowest BCUT2D eigenvalue weighted by Crippen LogP contribution is -2.13. The highest BCUT2D eigenvalue weighted by atomic mass is 19.1. The van der Waals surface area contributed by atoms with Crippen LogP contribution < -0.4 is 0 Å². The molecule has 1 saturated carbocycles. The molecule has 138 valence electrons. The van der Waals surface area contributed by atoms with E-state index < -0.39 is 0 Å². The van der Waals surface area contributed by atoms with Gasteiger partial charge in [-0.05, 0) is 61.6 Å². The Morgan fingerprint density at radius 1 is 1.04 bits per heavy atom. The van der Waals surface area contributed by atoms with Crippen molar-refractivity contribution in [2.45, 2.75) is 64.7 Å². The molecule has 1 aliphatic rings. The Kier molecular flexibility index (Phi) is 6.24. The van der Waals surface area contributed by atoms with Crippen LogP contribution in [0.1, 0.15) is 80.6 Å². The third kappa shape index (κ3) is 4.41. The molecule has 0 spiro atoms. The maximum atomic E-state index is 14.7. The predicted molar refractivity (Wildman–Crippen MR) is 106 cm³/mol. The highest BCUT2D eigenvalue weighted by molar-refractivity contribution is 5.94. The van der Waals surface area contributed by atoms with Crippen molar-refractivity contribution in [1.82, 2.24) is 0 Å². The summed E-state index contributed by atoms with van der Waals surface area (Å²) in [5.41, 5.74) is 3.23. The number of hydrogen-bond donors (Lipinski definition) is 0. The summed E-state index contributed by atoms with van der Waals surface area (Å²) in [5, 5.41) is 0. The van der Waals surface area contributed by atoms with E-state index in [-0.39, 0.29) is 11.6 Å². The van der Waals surface area contributed by atoms with Crippen LogP contribution in [0.5, 0.6) is 0 Å². The minimum atomic E-state index is -0.161. The number of hydrogen-bond acceptors (Lipinski definition) is 1. The summed E-state index contributed by atoms with van der Waals surface area (Å²) in [6.45, 7) is 3.80. The summed E-state index contributed by atoms with van der Waals surface area (Å²) in [6.07, 6.45) is 8.88. The molecule has 0 aromatic heterocycles. The van der Waals surface area contributed by atoms with Crippen LogP contribution in [0.3, 0.4) is 0 Å². The second-order valence-corrected chi connectivity index (χ2v) is 7.73. The molecule has 0 radical (unpaired) electrons. The maximum absolute atomic E-state index is 14.7. The summed E-state index contributed by atoms with van der Waals surface area (Å²) < 4.78 is 14.7. The topological polar surface area (TPSA) is 17.1 Å². The number of benzene rings is 2. The molecule has 0 amide bonds. The van der Waals surface area contributed by atoms with E-state index in [4.69, 9.17) is 0 Å². The zero-order chi connectivity index (χ0) is 18.5. The van der Waals surface area contributed by atoms with Crippen molar-refractivity contribution in [3.8, 4) is 11.1 Å². The van der Waals surface area contributed by atoms with Crippen molar-refractivity contribution in [2.24, 2.45) is 5.92 Å². The van der Waals surface area contributed by atoms with Crippen LogP contribution in [0, 0.1) is 11.7 Å². The van der Waals surface area contributed by atoms with E-state index in [2.05, 4.69) is 13.0 Å². The average molecular weight is 352 g/mol. The van der Waals surface area contributed by atoms with Crippen molar-refractivity contribution in [1.29, 1.82) is 0 Å². The van der Waals surface area contributed by atoms with Gasteiger partial charge in [-0.15, -0.1) is 0 Å². The maximum Gasteiger partial charge on any atom is 0.159 e. The zero-order valence-electron chi connectivity index (χ0n) is 15.9. The third-order valence-electron chi connectivity index (χ3n) is 5.88. The normalized spacial score (nSPS) is 20.1. The standard InChI is InChI=1S/C24H29FO/c1-3-4-5-18-6-8-20(9-7-18)22-14-15-23(24(25)16-22)21-12-10-19(11-13-21)17(2)26/h10-16,18,20H,3-9H2,1-2H3/t18-,20-. The number of carbonyl (C=O) groups excluding carboxylic acids is 1. The van der Waals surface area contributed by atoms with Crippen LogP contribution in [0.25, 0.3) is 11.1 Å².